The van der Waals surface area contributed by atoms with Crippen molar-refractivity contribution >= 4 is 22.2 Å². The zero-order chi connectivity index (χ0) is 25.4. The summed E-state index contributed by atoms with van der Waals surface area (Å²) in [6.07, 6.45) is 7.06. The molecule has 2 aromatic carbocycles. The van der Waals surface area contributed by atoms with Crippen molar-refractivity contribution in [2.75, 3.05) is 11.9 Å². The van der Waals surface area contributed by atoms with Gasteiger partial charge in [0.2, 0.25) is 0 Å². The van der Waals surface area contributed by atoms with Gasteiger partial charge in [0.25, 0.3) is 0 Å². The van der Waals surface area contributed by atoms with E-state index in [1.165, 1.54) is 23.8 Å². The lowest BCUT2D eigenvalue weighted by Crippen LogP contribution is -2.10. The van der Waals surface area contributed by atoms with Crippen molar-refractivity contribution in [3.05, 3.63) is 72.1 Å². The van der Waals surface area contributed by atoms with Crippen LogP contribution in [0.2, 0.25) is 0 Å². The number of alkyl halides is 3. The van der Waals surface area contributed by atoms with Crippen LogP contribution in [0.3, 0.4) is 0 Å². The predicted molar refractivity (Wildman–Crippen MR) is 138 cm³/mol. The van der Waals surface area contributed by atoms with Gasteiger partial charge in [-0.05, 0) is 36.8 Å². The molecule has 4 rings (SSSR count). The summed E-state index contributed by atoms with van der Waals surface area (Å²) in [6, 6.07) is 11.9. The van der Waals surface area contributed by atoms with Crippen LogP contribution in [-0.2, 0) is 6.18 Å². The van der Waals surface area contributed by atoms with Gasteiger partial charge in [0.05, 0.1) is 24.2 Å². The number of aromatic nitrogens is 3. The molecule has 0 atom stereocenters. The van der Waals surface area contributed by atoms with Crippen LogP contribution < -0.4 is 10.1 Å². The van der Waals surface area contributed by atoms with Gasteiger partial charge in [-0.25, -0.2) is 9.97 Å². The molecule has 190 valence electrons. The summed E-state index contributed by atoms with van der Waals surface area (Å²) >= 11 is 1.33. The standard InChI is InChI=1S/C27H29F3N4OS/c1-2-3-4-5-6-7-16-35-25-13-10-21(17-23(25)27(28,29)30)32-26-33-24(18-36-26)20-8-11-22(12-9-20)34-15-14-31-19-34/h8-15,17-19H,2-7,16H2,1H3,(H,32,33). The molecule has 2 heterocycles. The number of hydrogen-bond acceptors (Lipinski definition) is 5. The van der Waals surface area contributed by atoms with Gasteiger partial charge < -0.3 is 14.6 Å². The predicted octanol–water partition coefficient (Wildman–Crippen LogP) is 8.50. The summed E-state index contributed by atoms with van der Waals surface area (Å²) in [7, 11) is 0. The van der Waals surface area contributed by atoms with E-state index in [0.717, 1.165) is 55.1 Å². The first-order valence-electron chi connectivity index (χ1n) is 12.1. The van der Waals surface area contributed by atoms with E-state index >= 15 is 0 Å². The lowest BCUT2D eigenvalue weighted by atomic mass is 10.1. The van der Waals surface area contributed by atoms with E-state index < -0.39 is 11.7 Å². The molecule has 0 spiro atoms. The van der Waals surface area contributed by atoms with Crippen LogP contribution in [-0.4, -0.2) is 21.1 Å². The number of rotatable bonds is 12. The Kier molecular flexibility index (Phi) is 8.64. The SMILES string of the molecule is CCCCCCCCOc1ccc(Nc2nc(-c3ccc(-n4ccnc4)cc3)cs2)cc1C(F)(F)F. The Labute approximate surface area is 213 Å². The Balaban J connectivity index is 1.39. The molecule has 9 heteroatoms. The molecule has 1 N–H and O–H groups in total. The Bertz CT molecular complexity index is 1220. The first-order valence-corrected chi connectivity index (χ1v) is 13.0. The van der Waals surface area contributed by atoms with Crippen LogP contribution in [0.4, 0.5) is 24.0 Å². The van der Waals surface area contributed by atoms with Crippen LogP contribution >= 0.6 is 11.3 Å². The van der Waals surface area contributed by atoms with Crippen LogP contribution in [0, 0.1) is 0 Å². The summed E-state index contributed by atoms with van der Waals surface area (Å²) in [5, 5.41) is 5.39. The number of ether oxygens (including phenoxy) is 1. The quantitative estimate of drug-likeness (QED) is 0.193. The number of nitrogens with one attached hydrogen (secondary N) is 1. The summed E-state index contributed by atoms with van der Waals surface area (Å²) in [5.74, 6) is -0.139. The molecule has 0 radical (unpaired) electrons. The highest BCUT2D eigenvalue weighted by atomic mass is 32.1. The molecular formula is C27H29F3N4OS. The molecule has 0 saturated heterocycles. The van der Waals surface area contributed by atoms with E-state index in [1.807, 2.05) is 40.4 Å². The number of thiazole rings is 1. The van der Waals surface area contributed by atoms with Gasteiger partial charge >= 0.3 is 6.18 Å². The molecule has 0 aliphatic rings. The molecule has 0 bridgehead atoms. The zero-order valence-corrected chi connectivity index (χ0v) is 20.9. The van der Waals surface area contributed by atoms with Crippen LogP contribution in [0.15, 0.2) is 66.6 Å². The lowest BCUT2D eigenvalue weighted by molar-refractivity contribution is -0.138. The van der Waals surface area contributed by atoms with Crippen molar-refractivity contribution in [2.24, 2.45) is 0 Å². The van der Waals surface area contributed by atoms with Gasteiger partial charge in [-0.1, -0.05) is 51.2 Å². The van der Waals surface area contributed by atoms with Gasteiger partial charge in [0, 0.05) is 34.7 Å². The monoisotopic (exact) mass is 514 g/mol. The van der Waals surface area contributed by atoms with Crippen molar-refractivity contribution < 1.29 is 17.9 Å². The molecule has 0 fully saturated rings. The average Bonchev–Trinajstić information content (AvgIpc) is 3.56. The minimum atomic E-state index is -4.51. The van der Waals surface area contributed by atoms with Crippen molar-refractivity contribution in [3.63, 3.8) is 0 Å². The van der Waals surface area contributed by atoms with Gasteiger partial charge in [0.1, 0.15) is 5.75 Å². The largest absolute Gasteiger partial charge is 0.493 e. The van der Waals surface area contributed by atoms with E-state index in [0.29, 0.717) is 10.8 Å². The Morgan fingerprint density at radius 2 is 1.78 bits per heavy atom. The molecule has 0 aliphatic heterocycles. The summed E-state index contributed by atoms with van der Waals surface area (Å²) in [5.41, 5.74) is 2.16. The second kappa shape index (κ2) is 12.1. The number of halogens is 3. The van der Waals surface area contributed by atoms with Gasteiger partial charge in [-0.3, -0.25) is 0 Å². The van der Waals surface area contributed by atoms with E-state index in [-0.39, 0.29) is 12.4 Å². The van der Waals surface area contributed by atoms with Gasteiger partial charge in [0.15, 0.2) is 5.13 Å². The fraction of sp³-hybridized carbons (Fsp3) is 0.333. The highest BCUT2D eigenvalue weighted by Gasteiger charge is 2.34. The van der Waals surface area contributed by atoms with E-state index in [2.05, 4.69) is 22.2 Å². The van der Waals surface area contributed by atoms with Gasteiger partial charge in [-0.2, -0.15) is 13.2 Å². The second-order valence-corrected chi connectivity index (χ2v) is 9.36. The molecule has 0 aliphatic carbocycles. The minimum Gasteiger partial charge on any atom is -0.493 e. The topological polar surface area (TPSA) is 52.0 Å². The third kappa shape index (κ3) is 6.87. The molecule has 4 aromatic rings. The Hall–Kier alpha value is -3.33. The molecule has 2 aromatic heterocycles. The Morgan fingerprint density at radius 1 is 1.00 bits per heavy atom. The fourth-order valence-electron chi connectivity index (χ4n) is 3.82. The highest BCUT2D eigenvalue weighted by molar-refractivity contribution is 7.14. The van der Waals surface area contributed by atoms with Crippen LogP contribution in [0.25, 0.3) is 16.9 Å². The third-order valence-corrected chi connectivity index (χ3v) is 6.52. The number of hydrogen-bond donors (Lipinski definition) is 1. The second-order valence-electron chi connectivity index (χ2n) is 8.50. The zero-order valence-electron chi connectivity index (χ0n) is 20.1. The number of imidazole rings is 1. The van der Waals surface area contributed by atoms with Crippen LogP contribution in [0.1, 0.15) is 51.0 Å². The first kappa shape index (κ1) is 25.8. The van der Waals surface area contributed by atoms with Crippen molar-refractivity contribution in [2.45, 2.75) is 51.6 Å². The number of benzene rings is 2. The summed E-state index contributed by atoms with van der Waals surface area (Å²) in [4.78, 5) is 8.60. The molecule has 36 heavy (non-hydrogen) atoms. The lowest BCUT2D eigenvalue weighted by Gasteiger charge is -2.15. The van der Waals surface area contributed by atoms with E-state index in [4.69, 9.17) is 4.74 Å². The molecule has 0 saturated carbocycles. The number of nitrogens with zero attached hydrogens (tertiary/aromatic N) is 3. The maximum Gasteiger partial charge on any atom is 0.420 e. The van der Waals surface area contributed by atoms with Gasteiger partial charge in [-0.15, -0.1) is 11.3 Å². The maximum absolute atomic E-state index is 13.7. The average molecular weight is 515 g/mol. The first-order chi connectivity index (χ1) is 17.4. The highest BCUT2D eigenvalue weighted by Crippen LogP contribution is 2.39. The molecule has 5 nitrogen and oxygen atoms in total. The van der Waals surface area contributed by atoms with Crippen molar-refractivity contribution in [3.8, 4) is 22.7 Å². The third-order valence-electron chi connectivity index (χ3n) is 5.76. The van der Waals surface area contributed by atoms with Crippen molar-refractivity contribution in [1.82, 2.24) is 14.5 Å². The van der Waals surface area contributed by atoms with E-state index in [9.17, 15) is 13.2 Å². The van der Waals surface area contributed by atoms with E-state index in [1.54, 1.807) is 18.6 Å². The fourth-order valence-corrected chi connectivity index (χ4v) is 4.56. The summed E-state index contributed by atoms with van der Waals surface area (Å²) in [6.45, 7) is 2.42. The molecule has 0 amide bonds. The number of unbranched alkanes of at least 4 members (excludes halogenated alkanes) is 5. The number of anilines is 2. The van der Waals surface area contributed by atoms with Crippen LogP contribution in [0.5, 0.6) is 5.75 Å². The summed E-state index contributed by atoms with van der Waals surface area (Å²) < 4.78 is 48.6. The maximum atomic E-state index is 13.7. The Morgan fingerprint density at radius 3 is 2.50 bits per heavy atom. The molecule has 0 unspecified atom stereocenters. The van der Waals surface area contributed by atoms with Crippen molar-refractivity contribution in [1.29, 1.82) is 0 Å². The minimum absolute atomic E-state index is 0.139. The smallest absolute Gasteiger partial charge is 0.420 e. The normalized spacial score (nSPS) is 11.6. The molecular weight excluding hydrogens is 485 g/mol.